The third kappa shape index (κ3) is 6.36. The summed E-state index contributed by atoms with van der Waals surface area (Å²) in [6, 6.07) is 12.5. The zero-order chi connectivity index (χ0) is 32.6. The summed E-state index contributed by atoms with van der Waals surface area (Å²) in [7, 11) is 1.61. The molecule has 3 aliphatic heterocycles. The molecule has 250 valence electrons. The summed E-state index contributed by atoms with van der Waals surface area (Å²) in [5.41, 5.74) is 0.470. The zero-order valence-corrected chi connectivity index (χ0v) is 27.5. The first-order valence-electron chi connectivity index (χ1n) is 17.3. The SMILES string of the molecule is CC[C@@H]1C[C@@H](c2ccc(F)cc2N2CCC(C(=O)O)CC2)CN1C(=O)[C@]1(F)CN([C@H]2CC[C@H](C)CC2)C[C@H]1c1ccc(OC)cc1. The number of amides is 1. The monoisotopic (exact) mass is 637 g/mol. The minimum atomic E-state index is -2.07. The van der Waals surface area contributed by atoms with Crippen molar-refractivity contribution in [1.29, 1.82) is 0 Å². The molecule has 6 rings (SSSR count). The Labute approximate surface area is 271 Å². The lowest BCUT2D eigenvalue weighted by Gasteiger charge is -2.35. The molecule has 3 heterocycles. The van der Waals surface area contributed by atoms with Crippen LogP contribution >= 0.6 is 0 Å². The highest BCUT2D eigenvalue weighted by Crippen LogP contribution is 2.47. The molecular weight excluding hydrogens is 588 g/mol. The number of carbonyl (C=O) groups excluding carboxylic acids is 1. The van der Waals surface area contributed by atoms with Crippen LogP contribution in [0.4, 0.5) is 14.5 Å². The van der Waals surface area contributed by atoms with E-state index in [9.17, 15) is 19.1 Å². The van der Waals surface area contributed by atoms with Crippen LogP contribution in [0.5, 0.6) is 5.75 Å². The maximum Gasteiger partial charge on any atom is 0.306 e. The number of rotatable bonds is 8. The first-order chi connectivity index (χ1) is 22.1. The number of benzene rings is 2. The first kappa shape index (κ1) is 32.7. The zero-order valence-electron chi connectivity index (χ0n) is 27.5. The maximum absolute atomic E-state index is 17.8. The lowest BCUT2D eigenvalue weighted by atomic mass is 9.85. The van der Waals surface area contributed by atoms with Gasteiger partial charge in [0.2, 0.25) is 5.67 Å². The predicted molar refractivity (Wildman–Crippen MR) is 175 cm³/mol. The van der Waals surface area contributed by atoms with Crippen LogP contribution in [-0.4, -0.2) is 84.4 Å². The molecule has 0 radical (unpaired) electrons. The number of aliphatic carboxylic acids is 1. The summed E-state index contributed by atoms with van der Waals surface area (Å²) in [4.78, 5) is 32.3. The Bertz CT molecular complexity index is 1390. The number of hydrogen-bond donors (Lipinski definition) is 1. The van der Waals surface area contributed by atoms with Crippen LogP contribution in [0, 0.1) is 17.7 Å². The quantitative estimate of drug-likeness (QED) is 0.351. The van der Waals surface area contributed by atoms with Crippen molar-refractivity contribution in [2.75, 3.05) is 44.7 Å². The fourth-order valence-electron chi connectivity index (χ4n) is 8.68. The number of nitrogens with zero attached hydrogens (tertiary/aromatic N) is 3. The second kappa shape index (κ2) is 13.5. The fourth-order valence-corrected chi connectivity index (χ4v) is 8.68. The van der Waals surface area contributed by atoms with E-state index >= 15 is 4.39 Å². The highest BCUT2D eigenvalue weighted by Gasteiger charge is 2.57. The predicted octanol–water partition coefficient (Wildman–Crippen LogP) is 6.62. The second-order valence-corrected chi connectivity index (χ2v) is 14.3. The lowest BCUT2D eigenvalue weighted by Crippen LogP contribution is -2.52. The van der Waals surface area contributed by atoms with Gasteiger partial charge in [-0.3, -0.25) is 14.5 Å². The fraction of sp³-hybridized carbons (Fsp3) is 0.622. The van der Waals surface area contributed by atoms with Crippen LogP contribution in [0.15, 0.2) is 42.5 Å². The van der Waals surface area contributed by atoms with E-state index in [0.29, 0.717) is 63.5 Å². The van der Waals surface area contributed by atoms with Gasteiger partial charge in [-0.25, -0.2) is 8.78 Å². The average Bonchev–Trinajstić information content (AvgIpc) is 3.67. The van der Waals surface area contributed by atoms with Gasteiger partial charge in [0, 0.05) is 62.3 Å². The molecule has 0 unspecified atom stereocenters. The Kier molecular flexibility index (Phi) is 9.60. The number of carbonyl (C=O) groups is 2. The van der Waals surface area contributed by atoms with Crippen molar-refractivity contribution in [1.82, 2.24) is 9.80 Å². The van der Waals surface area contributed by atoms with Crippen molar-refractivity contribution in [3.8, 4) is 5.75 Å². The molecule has 4 atom stereocenters. The Hall–Kier alpha value is -3.20. The number of hydrogen-bond acceptors (Lipinski definition) is 5. The number of anilines is 1. The van der Waals surface area contributed by atoms with Gasteiger partial charge in [-0.2, -0.15) is 0 Å². The number of alkyl halides is 1. The van der Waals surface area contributed by atoms with E-state index in [4.69, 9.17) is 4.74 Å². The van der Waals surface area contributed by atoms with Gasteiger partial charge in [0.15, 0.2) is 0 Å². The maximum atomic E-state index is 17.8. The van der Waals surface area contributed by atoms with Crippen molar-refractivity contribution >= 4 is 17.6 Å². The molecule has 2 aromatic rings. The normalized spacial score (nSPS) is 30.9. The van der Waals surface area contributed by atoms with E-state index in [0.717, 1.165) is 42.5 Å². The molecule has 3 saturated heterocycles. The number of carboxylic acid groups (broad SMARTS) is 1. The van der Waals surface area contributed by atoms with E-state index < -0.39 is 23.5 Å². The molecule has 2 aromatic carbocycles. The second-order valence-electron chi connectivity index (χ2n) is 14.3. The van der Waals surface area contributed by atoms with Gasteiger partial charge in [0.25, 0.3) is 5.91 Å². The van der Waals surface area contributed by atoms with Crippen molar-refractivity contribution in [3.05, 3.63) is 59.4 Å². The Morgan fingerprint density at radius 3 is 2.33 bits per heavy atom. The Balaban J connectivity index is 1.27. The van der Waals surface area contributed by atoms with Gasteiger partial charge in [-0.05, 0) is 92.7 Å². The third-order valence-corrected chi connectivity index (χ3v) is 11.5. The smallest absolute Gasteiger partial charge is 0.306 e. The number of ether oxygens (including phenoxy) is 1. The number of carboxylic acids is 1. The number of halogens is 2. The molecule has 0 spiro atoms. The molecule has 1 saturated carbocycles. The third-order valence-electron chi connectivity index (χ3n) is 11.5. The van der Waals surface area contributed by atoms with Crippen molar-refractivity contribution < 1.29 is 28.2 Å². The summed E-state index contributed by atoms with van der Waals surface area (Å²) in [6.45, 7) is 6.38. The number of likely N-dealkylation sites (tertiary alicyclic amines) is 2. The summed E-state index contributed by atoms with van der Waals surface area (Å²) < 4.78 is 37.7. The van der Waals surface area contributed by atoms with Gasteiger partial charge < -0.3 is 19.6 Å². The molecule has 4 aliphatic rings. The molecule has 1 aliphatic carbocycles. The molecule has 1 amide bonds. The molecule has 4 fully saturated rings. The number of methoxy groups -OCH3 is 1. The Morgan fingerprint density at radius 2 is 1.70 bits per heavy atom. The molecule has 0 aromatic heterocycles. The highest BCUT2D eigenvalue weighted by molar-refractivity contribution is 5.88. The summed E-state index contributed by atoms with van der Waals surface area (Å²) in [6.07, 6.45) is 6.71. The highest BCUT2D eigenvalue weighted by atomic mass is 19.1. The van der Waals surface area contributed by atoms with Crippen LogP contribution in [0.2, 0.25) is 0 Å². The molecule has 0 bridgehead atoms. The van der Waals surface area contributed by atoms with Gasteiger partial charge in [-0.1, -0.05) is 32.0 Å². The van der Waals surface area contributed by atoms with Crippen LogP contribution in [0.25, 0.3) is 0 Å². The lowest BCUT2D eigenvalue weighted by molar-refractivity contribution is -0.145. The van der Waals surface area contributed by atoms with Crippen LogP contribution in [0.3, 0.4) is 0 Å². The largest absolute Gasteiger partial charge is 0.497 e. The molecular formula is C37H49F2N3O4. The van der Waals surface area contributed by atoms with Gasteiger partial charge in [0.1, 0.15) is 11.6 Å². The minimum absolute atomic E-state index is 0.0675. The average molecular weight is 638 g/mol. The van der Waals surface area contributed by atoms with Crippen molar-refractivity contribution in [3.63, 3.8) is 0 Å². The Morgan fingerprint density at radius 1 is 1.00 bits per heavy atom. The van der Waals surface area contributed by atoms with E-state index in [1.165, 1.54) is 12.1 Å². The van der Waals surface area contributed by atoms with Gasteiger partial charge in [0.05, 0.1) is 13.0 Å². The first-order valence-corrected chi connectivity index (χ1v) is 17.3. The summed E-state index contributed by atoms with van der Waals surface area (Å²) >= 11 is 0. The minimum Gasteiger partial charge on any atom is -0.497 e. The molecule has 46 heavy (non-hydrogen) atoms. The van der Waals surface area contributed by atoms with Crippen LogP contribution in [0.1, 0.15) is 88.2 Å². The van der Waals surface area contributed by atoms with Crippen LogP contribution in [-0.2, 0) is 9.59 Å². The van der Waals surface area contributed by atoms with Gasteiger partial charge >= 0.3 is 5.97 Å². The van der Waals surface area contributed by atoms with Gasteiger partial charge in [-0.15, -0.1) is 0 Å². The number of piperidine rings is 1. The summed E-state index contributed by atoms with van der Waals surface area (Å²) in [5.74, 6) is -1.22. The van der Waals surface area contributed by atoms with Crippen molar-refractivity contribution in [2.45, 2.75) is 94.8 Å². The summed E-state index contributed by atoms with van der Waals surface area (Å²) in [5, 5.41) is 9.48. The van der Waals surface area contributed by atoms with E-state index in [-0.39, 0.29) is 36.3 Å². The molecule has 7 nitrogen and oxygen atoms in total. The van der Waals surface area contributed by atoms with E-state index in [1.807, 2.05) is 37.3 Å². The van der Waals surface area contributed by atoms with E-state index in [1.54, 1.807) is 12.0 Å². The topological polar surface area (TPSA) is 73.3 Å². The van der Waals surface area contributed by atoms with E-state index in [2.05, 4.69) is 16.7 Å². The van der Waals surface area contributed by atoms with Crippen LogP contribution < -0.4 is 9.64 Å². The van der Waals surface area contributed by atoms with Crippen molar-refractivity contribution in [2.24, 2.45) is 11.8 Å². The standard InChI is InChI=1S/C37H49F2N3O4/c1-4-29-19-27(32-14-9-28(38)20-34(32)40-17-15-26(16-18-40)35(43)44)21-42(29)36(45)37(39)23-41(30-10-5-24(2)6-11-30)22-33(37)25-7-12-31(46-3)13-8-25/h7-9,12-14,20,24,26-27,29-30,33H,4-6,10-11,15-19,21-23H2,1-3H3,(H,43,44)/t24-,27-,29-,30-,33+,37+/m1/s1. The molecule has 9 heteroatoms. The molecule has 1 N–H and O–H groups in total.